The number of para-hydroxylation sites is 1. The van der Waals surface area contributed by atoms with Crippen molar-refractivity contribution in [3.05, 3.63) is 53.6 Å². The van der Waals surface area contributed by atoms with E-state index in [1.165, 1.54) is 21.8 Å². The van der Waals surface area contributed by atoms with E-state index in [-0.39, 0.29) is 0 Å². The van der Waals surface area contributed by atoms with Gasteiger partial charge in [0.15, 0.2) is 11.7 Å². The summed E-state index contributed by atoms with van der Waals surface area (Å²) in [7, 11) is 0. The van der Waals surface area contributed by atoms with Crippen LogP contribution in [0.5, 0.6) is 0 Å². The molecule has 4 rings (SSSR count). The molecule has 0 atom stereocenters. The molecule has 5 nitrogen and oxygen atoms in total. The number of hydrogen-bond acceptors (Lipinski definition) is 4. The molecule has 1 aliphatic rings. The van der Waals surface area contributed by atoms with Crippen LogP contribution in [0.1, 0.15) is 12.5 Å². The zero-order chi connectivity index (χ0) is 16.0. The summed E-state index contributed by atoms with van der Waals surface area (Å²) in [5.74, 6) is 0.720. The Hall–Kier alpha value is -3.08. The lowest BCUT2D eigenvalue weighted by Crippen LogP contribution is -2.21. The first-order valence-electron chi connectivity index (χ1n) is 7.59. The fraction of sp³-hybridized carbons (Fsp3) is 0.111. The smallest absolute Gasteiger partial charge is 0.157 e. The molecule has 4 N–H and O–H groups in total. The molecule has 2 aromatic carbocycles. The molecule has 1 aliphatic heterocycles. The zero-order valence-corrected chi connectivity index (χ0v) is 12.8. The summed E-state index contributed by atoms with van der Waals surface area (Å²) < 4.78 is 2.32. The van der Waals surface area contributed by atoms with Crippen molar-refractivity contribution < 1.29 is 0 Å². The normalized spacial score (nSPS) is 14.4. The number of amidine groups is 2. The van der Waals surface area contributed by atoms with Crippen molar-refractivity contribution in [3.63, 3.8) is 0 Å². The number of rotatable bonds is 2. The van der Waals surface area contributed by atoms with Gasteiger partial charge in [-0.1, -0.05) is 24.3 Å². The number of hydrogen-bond donors (Lipinski definition) is 2. The van der Waals surface area contributed by atoms with Crippen LogP contribution in [-0.2, 0) is 6.54 Å². The fourth-order valence-electron chi connectivity index (χ4n) is 3.16. The molecule has 1 aromatic heterocycles. The average molecular weight is 303 g/mol. The summed E-state index contributed by atoms with van der Waals surface area (Å²) in [5.41, 5.74) is 15.8. The van der Waals surface area contributed by atoms with Gasteiger partial charge in [-0.15, -0.1) is 10.2 Å². The number of fused-ring (bicyclic) bond motifs is 3. The van der Waals surface area contributed by atoms with Crippen molar-refractivity contribution >= 4 is 39.6 Å². The molecule has 3 aromatic rings. The third kappa shape index (κ3) is 2.01. The largest absolute Gasteiger partial charge is 0.382 e. The first-order valence-corrected chi connectivity index (χ1v) is 7.59. The number of nitrogens with two attached hydrogens (primary N) is 2. The maximum absolute atomic E-state index is 5.83. The first-order chi connectivity index (χ1) is 11.2. The third-order valence-corrected chi connectivity index (χ3v) is 4.24. The molecule has 0 radical (unpaired) electrons. The molecular weight excluding hydrogens is 286 g/mol. The van der Waals surface area contributed by atoms with Crippen LogP contribution >= 0.6 is 0 Å². The fourth-order valence-corrected chi connectivity index (χ4v) is 3.16. The van der Waals surface area contributed by atoms with E-state index in [4.69, 9.17) is 11.5 Å². The number of nitrogens with zero attached hydrogens (tertiary/aromatic N) is 3. The Bertz CT molecular complexity index is 1000. The third-order valence-electron chi connectivity index (χ3n) is 4.24. The van der Waals surface area contributed by atoms with E-state index in [1.807, 2.05) is 6.08 Å². The van der Waals surface area contributed by atoms with E-state index in [0.29, 0.717) is 17.2 Å². The number of aryl methyl sites for hydroxylation is 1. The lowest BCUT2D eigenvalue weighted by molar-refractivity contribution is 0.827. The standard InChI is InChI=1S/C18H17N5/c1-2-23-15-6-4-3-5-12(15)13-9-11(7-8-16(13)23)10-14-17(19)21-22-18(14)20/h3-10H,2H2,1H3,(H2,19,21)(H2,20,22). The average Bonchev–Trinajstić information content (AvgIpc) is 3.06. The Morgan fingerprint density at radius 2 is 1.65 bits per heavy atom. The number of aromatic nitrogens is 1. The van der Waals surface area contributed by atoms with Crippen LogP contribution in [0.25, 0.3) is 27.9 Å². The molecule has 0 fully saturated rings. The topological polar surface area (TPSA) is 81.7 Å². The Morgan fingerprint density at radius 1 is 0.957 bits per heavy atom. The maximum Gasteiger partial charge on any atom is 0.157 e. The molecule has 0 saturated carbocycles. The van der Waals surface area contributed by atoms with Gasteiger partial charge in [0.05, 0.1) is 5.57 Å². The van der Waals surface area contributed by atoms with Crippen molar-refractivity contribution in [1.29, 1.82) is 0 Å². The minimum Gasteiger partial charge on any atom is -0.382 e. The Balaban J connectivity index is 1.95. The summed E-state index contributed by atoms with van der Waals surface area (Å²) in [6.07, 6.45) is 1.93. The molecule has 23 heavy (non-hydrogen) atoms. The van der Waals surface area contributed by atoms with Crippen molar-refractivity contribution in [2.24, 2.45) is 21.7 Å². The molecule has 5 heteroatoms. The van der Waals surface area contributed by atoms with Crippen LogP contribution in [0, 0.1) is 0 Å². The highest BCUT2D eigenvalue weighted by molar-refractivity contribution is 6.27. The van der Waals surface area contributed by atoms with E-state index in [2.05, 4.69) is 64.2 Å². The van der Waals surface area contributed by atoms with Crippen LogP contribution in [0.2, 0.25) is 0 Å². The number of benzene rings is 2. The van der Waals surface area contributed by atoms with Crippen molar-refractivity contribution in [2.75, 3.05) is 0 Å². The van der Waals surface area contributed by atoms with Gasteiger partial charge >= 0.3 is 0 Å². The van der Waals surface area contributed by atoms with Gasteiger partial charge in [-0.2, -0.15) is 0 Å². The van der Waals surface area contributed by atoms with Crippen molar-refractivity contribution in [2.45, 2.75) is 13.5 Å². The molecule has 2 heterocycles. The van der Waals surface area contributed by atoms with E-state index in [0.717, 1.165) is 12.1 Å². The second-order valence-electron chi connectivity index (χ2n) is 5.57. The molecule has 0 saturated heterocycles. The monoisotopic (exact) mass is 303 g/mol. The van der Waals surface area contributed by atoms with Crippen molar-refractivity contribution in [3.8, 4) is 0 Å². The molecule has 0 aliphatic carbocycles. The van der Waals surface area contributed by atoms with Gasteiger partial charge < -0.3 is 16.0 Å². The minimum atomic E-state index is 0.360. The highest BCUT2D eigenvalue weighted by Gasteiger charge is 2.15. The van der Waals surface area contributed by atoms with Gasteiger partial charge in [0.1, 0.15) is 0 Å². The van der Waals surface area contributed by atoms with Gasteiger partial charge in [0, 0.05) is 28.4 Å². The van der Waals surface area contributed by atoms with Gasteiger partial charge in [-0.25, -0.2) is 0 Å². The van der Waals surface area contributed by atoms with Gasteiger partial charge in [0.2, 0.25) is 0 Å². The van der Waals surface area contributed by atoms with Gasteiger partial charge in [0.25, 0.3) is 0 Å². The minimum absolute atomic E-state index is 0.360. The summed E-state index contributed by atoms with van der Waals surface area (Å²) in [5, 5.41) is 10.1. The molecule has 0 unspecified atom stereocenters. The van der Waals surface area contributed by atoms with Gasteiger partial charge in [-0.05, 0) is 36.8 Å². The van der Waals surface area contributed by atoms with Crippen LogP contribution in [0.3, 0.4) is 0 Å². The van der Waals surface area contributed by atoms with Crippen LogP contribution in [0.4, 0.5) is 0 Å². The lowest BCUT2D eigenvalue weighted by atomic mass is 10.1. The van der Waals surface area contributed by atoms with Crippen molar-refractivity contribution in [1.82, 2.24) is 4.57 Å². The van der Waals surface area contributed by atoms with Crippen LogP contribution in [0.15, 0.2) is 58.2 Å². The molecule has 0 amide bonds. The predicted octanol–water partition coefficient (Wildman–Crippen LogP) is 2.84. The molecule has 0 bridgehead atoms. The quantitative estimate of drug-likeness (QED) is 0.763. The maximum atomic E-state index is 5.83. The Morgan fingerprint density at radius 3 is 2.39 bits per heavy atom. The van der Waals surface area contributed by atoms with Crippen LogP contribution in [-0.4, -0.2) is 16.2 Å². The summed E-state index contributed by atoms with van der Waals surface area (Å²) in [6, 6.07) is 14.8. The predicted molar refractivity (Wildman–Crippen MR) is 96.3 cm³/mol. The lowest BCUT2D eigenvalue weighted by Gasteiger charge is -2.03. The Labute approximate surface area is 133 Å². The highest BCUT2D eigenvalue weighted by atomic mass is 15.3. The molecule has 114 valence electrons. The zero-order valence-electron chi connectivity index (χ0n) is 12.8. The highest BCUT2D eigenvalue weighted by Crippen LogP contribution is 2.30. The summed E-state index contributed by atoms with van der Waals surface area (Å²) >= 11 is 0. The van der Waals surface area contributed by atoms with E-state index < -0.39 is 0 Å². The second kappa shape index (κ2) is 4.98. The molecular formula is C18H17N5. The van der Waals surface area contributed by atoms with Gasteiger partial charge in [-0.3, -0.25) is 0 Å². The van der Waals surface area contributed by atoms with E-state index in [1.54, 1.807) is 0 Å². The second-order valence-corrected chi connectivity index (χ2v) is 5.57. The van der Waals surface area contributed by atoms with E-state index >= 15 is 0 Å². The molecule has 0 spiro atoms. The first kappa shape index (κ1) is 13.6. The van der Waals surface area contributed by atoms with Crippen LogP contribution < -0.4 is 11.5 Å². The Kier molecular flexibility index (Phi) is 2.94. The summed E-state index contributed by atoms with van der Waals surface area (Å²) in [6.45, 7) is 3.10. The van der Waals surface area contributed by atoms with E-state index in [9.17, 15) is 0 Å². The SMILES string of the molecule is CCn1c2ccccc2c2cc(C=C3C(N)=NN=C3N)ccc21. The summed E-state index contributed by atoms with van der Waals surface area (Å²) in [4.78, 5) is 0.